The summed E-state index contributed by atoms with van der Waals surface area (Å²) in [5.41, 5.74) is 3.68. The van der Waals surface area contributed by atoms with Crippen molar-refractivity contribution in [1.29, 1.82) is 0 Å². The van der Waals surface area contributed by atoms with Crippen molar-refractivity contribution in [3.05, 3.63) is 89.4 Å². The second-order valence-electron chi connectivity index (χ2n) is 7.17. The molecule has 0 fully saturated rings. The summed E-state index contributed by atoms with van der Waals surface area (Å²) in [6.07, 6.45) is 2.40. The van der Waals surface area contributed by atoms with Crippen LogP contribution in [-0.4, -0.2) is 18.0 Å². The number of amides is 3. The average Bonchev–Trinajstić information content (AvgIpc) is 3.37. The van der Waals surface area contributed by atoms with E-state index in [0.29, 0.717) is 24.4 Å². The highest BCUT2D eigenvalue weighted by molar-refractivity contribution is 6.07. The molecule has 0 bridgehead atoms. The number of rotatable bonds is 5. The van der Waals surface area contributed by atoms with Gasteiger partial charge in [0.15, 0.2) is 0 Å². The topological polar surface area (TPSA) is 74.6 Å². The van der Waals surface area contributed by atoms with Crippen LogP contribution in [0.5, 0.6) is 0 Å². The van der Waals surface area contributed by atoms with Gasteiger partial charge in [-0.1, -0.05) is 30.3 Å². The Hall–Kier alpha value is -3.54. The third-order valence-electron chi connectivity index (χ3n) is 5.06. The molecule has 3 aromatic rings. The lowest BCUT2D eigenvalue weighted by molar-refractivity contribution is 0.0981. The van der Waals surface area contributed by atoms with Gasteiger partial charge in [0.1, 0.15) is 5.76 Å². The molecule has 4 rings (SSSR count). The first kappa shape index (κ1) is 18.8. The van der Waals surface area contributed by atoms with Crippen molar-refractivity contribution < 1.29 is 14.0 Å². The number of carbonyl (C=O) groups excluding carboxylic acids is 2. The fraction of sp³-hybridized carbons (Fsp3) is 0.217. The van der Waals surface area contributed by atoms with E-state index in [2.05, 4.69) is 17.6 Å². The molecular formula is C23H23N3O3. The van der Waals surface area contributed by atoms with Gasteiger partial charge in [0.2, 0.25) is 0 Å². The van der Waals surface area contributed by atoms with Crippen molar-refractivity contribution in [1.82, 2.24) is 10.6 Å². The minimum Gasteiger partial charge on any atom is -0.467 e. The van der Waals surface area contributed by atoms with E-state index >= 15 is 0 Å². The van der Waals surface area contributed by atoms with Gasteiger partial charge in [-0.05, 0) is 54.8 Å². The molecule has 0 spiro atoms. The zero-order valence-electron chi connectivity index (χ0n) is 16.2. The quantitative estimate of drug-likeness (QED) is 0.696. The summed E-state index contributed by atoms with van der Waals surface area (Å²) in [5, 5.41) is 5.60. The van der Waals surface area contributed by atoms with Crippen LogP contribution >= 0.6 is 0 Å². The van der Waals surface area contributed by atoms with Gasteiger partial charge in [0.05, 0.1) is 12.8 Å². The van der Waals surface area contributed by atoms with E-state index in [1.165, 1.54) is 0 Å². The van der Waals surface area contributed by atoms with Gasteiger partial charge in [0.25, 0.3) is 5.91 Å². The fourth-order valence-corrected chi connectivity index (χ4v) is 3.62. The Morgan fingerprint density at radius 3 is 2.59 bits per heavy atom. The molecule has 2 heterocycles. The summed E-state index contributed by atoms with van der Waals surface area (Å²) in [6, 6.07) is 18.8. The molecule has 0 saturated carbocycles. The highest BCUT2D eigenvalue weighted by Crippen LogP contribution is 2.34. The van der Waals surface area contributed by atoms with E-state index in [1.807, 2.05) is 53.4 Å². The van der Waals surface area contributed by atoms with Gasteiger partial charge < -0.3 is 20.0 Å². The zero-order valence-corrected chi connectivity index (χ0v) is 16.2. The molecule has 0 radical (unpaired) electrons. The molecule has 6 heteroatoms. The van der Waals surface area contributed by atoms with Crippen LogP contribution in [0.4, 0.5) is 10.5 Å². The number of benzene rings is 2. The summed E-state index contributed by atoms with van der Waals surface area (Å²) >= 11 is 0. The average molecular weight is 389 g/mol. The number of nitrogens with one attached hydrogen (secondary N) is 2. The summed E-state index contributed by atoms with van der Waals surface area (Å²) in [5.74, 6) is 0.694. The Morgan fingerprint density at radius 1 is 1.03 bits per heavy atom. The van der Waals surface area contributed by atoms with Crippen molar-refractivity contribution in [2.45, 2.75) is 32.5 Å². The minimum absolute atomic E-state index is 0.00171. The second-order valence-corrected chi connectivity index (χ2v) is 7.17. The first-order chi connectivity index (χ1) is 14.1. The molecule has 1 aliphatic heterocycles. The lowest BCUT2D eigenvalue weighted by atomic mass is 10.1. The van der Waals surface area contributed by atoms with Gasteiger partial charge in [-0.3, -0.25) is 4.79 Å². The van der Waals surface area contributed by atoms with Crippen LogP contribution in [0.3, 0.4) is 0 Å². The molecule has 148 valence electrons. The Bertz CT molecular complexity index is 999. The minimum atomic E-state index is -0.271. The maximum absolute atomic E-state index is 13.0. The van der Waals surface area contributed by atoms with Crippen LogP contribution < -0.4 is 15.5 Å². The first-order valence-electron chi connectivity index (χ1n) is 9.66. The van der Waals surface area contributed by atoms with Crippen LogP contribution in [-0.2, 0) is 19.5 Å². The predicted molar refractivity (Wildman–Crippen MR) is 111 cm³/mol. The number of hydrogen-bond donors (Lipinski definition) is 2. The number of fused-ring (bicyclic) bond motifs is 1. The van der Waals surface area contributed by atoms with E-state index in [9.17, 15) is 9.59 Å². The monoisotopic (exact) mass is 389 g/mol. The summed E-state index contributed by atoms with van der Waals surface area (Å²) < 4.78 is 5.20. The van der Waals surface area contributed by atoms with Crippen molar-refractivity contribution in [2.24, 2.45) is 0 Å². The number of carbonyl (C=O) groups is 2. The first-order valence-corrected chi connectivity index (χ1v) is 9.66. The number of anilines is 1. The molecule has 1 atom stereocenters. The van der Waals surface area contributed by atoms with Crippen LogP contribution in [0.2, 0.25) is 0 Å². The van der Waals surface area contributed by atoms with Gasteiger partial charge in [-0.25, -0.2) is 4.79 Å². The van der Waals surface area contributed by atoms with E-state index in [4.69, 9.17) is 4.42 Å². The SMILES string of the molecule is C[C@@H]1Cc2ccc(CNC(=O)NCc3ccco3)cc2N1C(=O)c1ccccc1. The molecule has 1 aliphatic rings. The number of hydrogen-bond acceptors (Lipinski definition) is 3. The van der Waals surface area contributed by atoms with Gasteiger partial charge >= 0.3 is 6.03 Å². The van der Waals surface area contributed by atoms with E-state index in [-0.39, 0.29) is 18.0 Å². The molecule has 0 saturated heterocycles. The smallest absolute Gasteiger partial charge is 0.315 e. The molecule has 29 heavy (non-hydrogen) atoms. The molecule has 0 unspecified atom stereocenters. The fourth-order valence-electron chi connectivity index (χ4n) is 3.62. The molecule has 1 aromatic heterocycles. The highest BCUT2D eigenvalue weighted by Gasteiger charge is 2.31. The largest absolute Gasteiger partial charge is 0.467 e. The predicted octanol–water partition coefficient (Wildman–Crippen LogP) is 3.87. The normalized spacial score (nSPS) is 15.1. The zero-order chi connectivity index (χ0) is 20.2. The molecular weight excluding hydrogens is 366 g/mol. The third kappa shape index (κ3) is 4.16. The number of urea groups is 1. The van der Waals surface area contributed by atoms with Crippen LogP contribution in [0, 0.1) is 0 Å². The summed E-state index contributed by atoms with van der Waals surface area (Å²) in [4.78, 5) is 26.9. The number of furan rings is 1. The Morgan fingerprint density at radius 2 is 1.83 bits per heavy atom. The maximum Gasteiger partial charge on any atom is 0.315 e. The molecule has 6 nitrogen and oxygen atoms in total. The van der Waals surface area contributed by atoms with Crippen molar-refractivity contribution >= 4 is 17.6 Å². The lowest BCUT2D eigenvalue weighted by Crippen LogP contribution is -2.36. The van der Waals surface area contributed by atoms with Gasteiger partial charge in [0, 0.05) is 23.8 Å². The van der Waals surface area contributed by atoms with Gasteiger partial charge in [-0.15, -0.1) is 0 Å². The Kier molecular flexibility index (Phi) is 5.33. The Balaban J connectivity index is 1.43. The molecule has 2 N–H and O–H groups in total. The standard InChI is InChI=1S/C23H23N3O3/c1-16-12-19-10-9-17(14-24-23(28)25-15-20-8-5-11-29-20)13-21(19)26(16)22(27)18-6-3-2-4-7-18/h2-11,13,16H,12,14-15H2,1H3,(H2,24,25,28)/t16-/m1/s1. The summed E-state index contributed by atoms with van der Waals surface area (Å²) in [6.45, 7) is 2.76. The van der Waals surface area contributed by atoms with E-state index in [0.717, 1.165) is 23.2 Å². The Labute approximate surface area is 169 Å². The van der Waals surface area contributed by atoms with Crippen molar-refractivity contribution in [3.8, 4) is 0 Å². The second kappa shape index (κ2) is 8.22. The van der Waals surface area contributed by atoms with Crippen LogP contribution in [0.25, 0.3) is 0 Å². The maximum atomic E-state index is 13.0. The lowest BCUT2D eigenvalue weighted by Gasteiger charge is -2.23. The summed E-state index contributed by atoms with van der Waals surface area (Å²) in [7, 11) is 0. The third-order valence-corrected chi connectivity index (χ3v) is 5.06. The van der Waals surface area contributed by atoms with E-state index in [1.54, 1.807) is 18.4 Å². The molecule has 3 amide bonds. The van der Waals surface area contributed by atoms with Gasteiger partial charge in [-0.2, -0.15) is 0 Å². The van der Waals surface area contributed by atoms with Crippen molar-refractivity contribution in [2.75, 3.05) is 4.90 Å². The molecule has 2 aromatic carbocycles. The molecule has 0 aliphatic carbocycles. The number of nitrogens with zero attached hydrogens (tertiary/aromatic N) is 1. The van der Waals surface area contributed by atoms with E-state index < -0.39 is 0 Å². The highest BCUT2D eigenvalue weighted by atomic mass is 16.3. The van der Waals surface area contributed by atoms with Crippen LogP contribution in [0.15, 0.2) is 71.3 Å². The van der Waals surface area contributed by atoms with Crippen molar-refractivity contribution in [3.63, 3.8) is 0 Å². The van der Waals surface area contributed by atoms with Crippen LogP contribution in [0.1, 0.15) is 34.2 Å².